The maximum Gasteiger partial charge on any atom is 0.339 e. The Morgan fingerprint density at radius 3 is 2.59 bits per heavy atom. The predicted octanol–water partition coefficient (Wildman–Crippen LogP) is 3.44. The summed E-state index contributed by atoms with van der Waals surface area (Å²) < 4.78 is 18.1. The zero-order chi connectivity index (χ0) is 16.3. The third kappa shape index (κ3) is 3.35. The van der Waals surface area contributed by atoms with Crippen molar-refractivity contribution in [1.82, 2.24) is 0 Å². The van der Waals surface area contributed by atoms with E-state index >= 15 is 0 Å². The van der Waals surface area contributed by atoms with E-state index in [2.05, 4.69) is 5.32 Å². The number of rotatable bonds is 4. The molecule has 0 aromatic heterocycles. The van der Waals surface area contributed by atoms with E-state index < -0.39 is 17.7 Å². The number of ether oxygens (including phenoxy) is 1. The molecule has 0 aliphatic rings. The Hall–Kier alpha value is -2.60. The van der Waals surface area contributed by atoms with Crippen molar-refractivity contribution < 1.29 is 23.8 Å². The number of benzene rings is 2. The average Bonchev–Trinajstić information content (AvgIpc) is 2.48. The van der Waals surface area contributed by atoms with Gasteiger partial charge >= 0.3 is 5.97 Å². The van der Waals surface area contributed by atoms with Crippen LogP contribution in [0.25, 0.3) is 0 Å². The van der Waals surface area contributed by atoms with Crippen molar-refractivity contribution in [3.63, 3.8) is 0 Å². The molecule has 0 radical (unpaired) electrons. The summed E-state index contributed by atoms with van der Waals surface area (Å²) in [7, 11) is 1.30. The standard InChI is InChI=1S/C15H11ClFNO4/c1-22-13-7-12(11(16)6-10(13)15(20)21)18-14(19)8-3-2-4-9(17)5-8/h2-7H,1H3,(H,18,19)(H,20,21). The molecule has 0 heterocycles. The molecule has 0 fully saturated rings. The number of methoxy groups -OCH3 is 1. The Bertz CT molecular complexity index is 748. The summed E-state index contributed by atoms with van der Waals surface area (Å²) in [4.78, 5) is 23.1. The van der Waals surface area contributed by atoms with Gasteiger partial charge in [0.05, 0.1) is 17.8 Å². The topological polar surface area (TPSA) is 75.6 Å². The molecule has 114 valence electrons. The molecule has 0 spiro atoms. The first-order valence-electron chi connectivity index (χ1n) is 6.10. The molecule has 5 nitrogen and oxygen atoms in total. The van der Waals surface area contributed by atoms with Crippen molar-refractivity contribution in [1.29, 1.82) is 0 Å². The van der Waals surface area contributed by atoms with E-state index in [9.17, 15) is 14.0 Å². The number of anilines is 1. The van der Waals surface area contributed by atoms with E-state index in [4.69, 9.17) is 21.4 Å². The van der Waals surface area contributed by atoms with Crippen LogP contribution in [-0.2, 0) is 0 Å². The van der Waals surface area contributed by atoms with Gasteiger partial charge in [0.2, 0.25) is 0 Å². The lowest BCUT2D eigenvalue weighted by molar-refractivity contribution is 0.0693. The predicted molar refractivity (Wildman–Crippen MR) is 79.3 cm³/mol. The van der Waals surface area contributed by atoms with Crippen LogP contribution in [0, 0.1) is 5.82 Å². The highest BCUT2D eigenvalue weighted by Crippen LogP contribution is 2.31. The fourth-order valence-corrected chi connectivity index (χ4v) is 2.02. The smallest absolute Gasteiger partial charge is 0.339 e. The lowest BCUT2D eigenvalue weighted by Crippen LogP contribution is -2.13. The summed E-state index contributed by atoms with van der Waals surface area (Å²) in [6, 6.07) is 7.60. The highest BCUT2D eigenvalue weighted by molar-refractivity contribution is 6.34. The van der Waals surface area contributed by atoms with Crippen LogP contribution in [0.4, 0.5) is 10.1 Å². The number of nitrogens with one attached hydrogen (secondary N) is 1. The molecule has 0 aliphatic heterocycles. The molecule has 2 N–H and O–H groups in total. The zero-order valence-electron chi connectivity index (χ0n) is 11.4. The van der Waals surface area contributed by atoms with Crippen molar-refractivity contribution in [2.24, 2.45) is 0 Å². The molecule has 0 saturated carbocycles. The number of carboxylic acids is 1. The first kappa shape index (κ1) is 15.8. The number of hydrogen-bond donors (Lipinski definition) is 2. The summed E-state index contributed by atoms with van der Waals surface area (Å²) in [6.07, 6.45) is 0. The molecule has 2 aromatic carbocycles. The number of aromatic carboxylic acids is 1. The molecular weight excluding hydrogens is 313 g/mol. The largest absolute Gasteiger partial charge is 0.496 e. The van der Waals surface area contributed by atoms with Crippen LogP contribution >= 0.6 is 11.6 Å². The zero-order valence-corrected chi connectivity index (χ0v) is 12.1. The second-order valence-corrected chi connectivity index (χ2v) is 4.71. The summed E-state index contributed by atoms with van der Waals surface area (Å²) in [5.74, 6) is -2.28. The maximum absolute atomic E-state index is 13.1. The number of carboxylic acid groups (broad SMARTS) is 1. The summed E-state index contributed by atoms with van der Waals surface area (Å²) in [5, 5.41) is 11.5. The average molecular weight is 324 g/mol. The highest BCUT2D eigenvalue weighted by atomic mass is 35.5. The van der Waals surface area contributed by atoms with Gasteiger partial charge in [-0.15, -0.1) is 0 Å². The van der Waals surface area contributed by atoms with Crippen molar-refractivity contribution >= 4 is 29.2 Å². The number of hydrogen-bond acceptors (Lipinski definition) is 3. The minimum Gasteiger partial charge on any atom is -0.496 e. The van der Waals surface area contributed by atoms with E-state index in [-0.39, 0.29) is 27.6 Å². The lowest BCUT2D eigenvalue weighted by Gasteiger charge is -2.11. The van der Waals surface area contributed by atoms with Crippen molar-refractivity contribution in [2.45, 2.75) is 0 Å². The van der Waals surface area contributed by atoms with Crippen LogP contribution in [0.5, 0.6) is 5.75 Å². The Morgan fingerprint density at radius 2 is 2.00 bits per heavy atom. The number of amides is 1. The van der Waals surface area contributed by atoms with Gasteiger partial charge in [-0.1, -0.05) is 17.7 Å². The third-order valence-electron chi connectivity index (χ3n) is 2.85. The third-order valence-corrected chi connectivity index (χ3v) is 3.17. The molecule has 0 bridgehead atoms. The molecule has 2 rings (SSSR count). The van der Waals surface area contributed by atoms with Gasteiger partial charge in [0.1, 0.15) is 17.1 Å². The number of carbonyl (C=O) groups is 2. The highest BCUT2D eigenvalue weighted by Gasteiger charge is 2.17. The van der Waals surface area contributed by atoms with Crippen LogP contribution in [0.1, 0.15) is 20.7 Å². The molecule has 0 unspecified atom stereocenters. The van der Waals surface area contributed by atoms with Crippen molar-refractivity contribution in [2.75, 3.05) is 12.4 Å². The lowest BCUT2D eigenvalue weighted by atomic mass is 10.1. The van der Waals surface area contributed by atoms with Crippen molar-refractivity contribution in [3.8, 4) is 5.75 Å². The van der Waals surface area contributed by atoms with Gasteiger partial charge in [0.25, 0.3) is 5.91 Å². The first-order valence-corrected chi connectivity index (χ1v) is 6.48. The first-order chi connectivity index (χ1) is 10.4. The minimum atomic E-state index is -1.21. The Balaban J connectivity index is 2.33. The van der Waals surface area contributed by atoms with Crippen molar-refractivity contribution in [3.05, 3.63) is 58.4 Å². The van der Waals surface area contributed by atoms with Gasteiger partial charge in [-0.2, -0.15) is 0 Å². The Morgan fingerprint density at radius 1 is 1.27 bits per heavy atom. The van der Waals surface area contributed by atoms with Gasteiger partial charge < -0.3 is 15.2 Å². The Labute approximate surface area is 130 Å². The SMILES string of the molecule is COc1cc(NC(=O)c2cccc(F)c2)c(Cl)cc1C(=O)O. The fraction of sp³-hybridized carbons (Fsp3) is 0.0667. The van der Waals surface area contributed by atoms with Crippen LogP contribution in [0.3, 0.4) is 0 Å². The summed E-state index contributed by atoms with van der Waals surface area (Å²) in [5.41, 5.74) is 0.145. The molecule has 2 aromatic rings. The molecule has 7 heteroatoms. The monoisotopic (exact) mass is 323 g/mol. The summed E-state index contributed by atoms with van der Waals surface area (Å²) >= 11 is 5.96. The van der Waals surface area contributed by atoms with E-state index in [0.717, 1.165) is 6.07 Å². The second-order valence-electron chi connectivity index (χ2n) is 4.30. The van der Waals surface area contributed by atoms with E-state index in [1.165, 1.54) is 37.4 Å². The van der Waals surface area contributed by atoms with Gasteiger partial charge in [0, 0.05) is 11.6 Å². The molecule has 0 saturated heterocycles. The van der Waals surface area contributed by atoms with Crippen LogP contribution in [0.15, 0.2) is 36.4 Å². The molecule has 0 aliphatic carbocycles. The van der Waals surface area contributed by atoms with E-state index in [0.29, 0.717) is 0 Å². The second kappa shape index (κ2) is 6.44. The number of carbonyl (C=O) groups excluding carboxylic acids is 1. The molecule has 1 amide bonds. The fourth-order valence-electron chi connectivity index (χ4n) is 1.81. The van der Waals surface area contributed by atoms with E-state index in [1.807, 2.05) is 0 Å². The van der Waals surface area contributed by atoms with Gasteiger partial charge in [0.15, 0.2) is 0 Å². The molecule has 0 atom stereocenters. The van der Waals surface area contributed by atoms with Gasteiger partial charge in [-0.05, 0) is 24.3 Å². The minimum absolute atomic E-state index is 0.0305. The normalized spacial score (nSPS) is 10.1. The van der Waals surface area contributed by atoms with Gasteiger partial charge in [-0.3, -0.25) is 4.79 Å². The van der Waals surface area contributed by atoms with Crippen LogP contribution in [-0.4, -0.2) is 24.1 Å². The quantitative estimate of drug-likeness (QED) is 0.903. The molecular formula is C15H11ClFNO4. The summed E-state index contributed by atoms with van der Waals surface area (Å²) in [6.45, 7) is 0. The molecule has 22 heavy (non-hydrogen) atoms. The Kier molecular flexibility index (Phi) is 4.62. The number of halogens is 2. The maximum atomic E-state index is 13.1. The van der Waals surface area contributed by atoms with E-state index in [1.54, 1.807) is 0 Å². The van der Waals surface area contributed by atoms with Crippen LogP contribution < -0.4 is 10.1 Å². The van der Waals surface area contributed by atoms with Gasteiger partial charge in [-0.25, -0.2) is 9.18 Å². The van der Waals surface area contributed by atoms with Crippen LogP contribution in [0.2, 0.25) is 5.02 Å².